The summed E-state index contributed by atoms with van der Waals surface area (Å²) in [5.41, 5.74) is -1.67. The number of carbonyl (C=O) groups excluding carboxylic acids is 1. The molecule has 1 N–H and O–H groups in total. The Bertz CT molecular complexity index is 1050. The Labute approximate surface area is 150 Å². The van der Waals surface area contributed by atoms with Gasteiger partial charge in [-0.3, -0.25) is 14.2 Å². The molecule has 10 heteroatoms. The van der Waals surface area contributed by atoms with Gasteiger partial charge in [-0.1, -0.05) is 0 Å². The smallest absolute Gasteiger partial charge is 0.348 e. The summed E-state index contributed by atoms with van der Waals surface area (Å²) >= 11 is 0. The molecule has 1 amide bonds. The second-order valence-electron chi connectivity index (χ2n) is 5.99. The molecule has 0 fully saturated rings. The Morgan fingerprint density at radius 2 is 1.77 bits per heavy atom. The maximum absolute atomic E-state index is 12.5. The molecule has 0 spiro atoms. The van der Waals surface area contributed by atoms with Gasteiger partial charge < -0.3 is 5.32 Å². The van der Waals surface area contributed by atoms with E-state index in [1.165, 1.54) is 24.3 Å². The summed E-state index contributed by atoms with van der Waals surface area (Å²) in [6, 6.07) is 5.22. The van der Waals surface area contributed by atoms with Crippen molar-refractivity contribution in [3.05, 3.63) is 50.8 Å². The Balaban J connectivity index is 2.67. The third-order valence-electron chi connectivity index (χ3n) is 3.52. The van der Waals surface area contributed by atoms with Crippen LogP contribution < -0.4 is 16.6 Å². The van der Waals surface area contributed by atoms with Gasteiger partial charge in [-0.15, -0.1) is 0 Å². The minimum Gasteiger partial charge on any atom is -0.348 e. The molecule has 0 aliphatic carbocycles. The second kappa shape index (κ2) is 7.24. The highest BCUT2D eigenvalue weighted by Gasteiger charge is 2.20. The molecule has 140 valence electrons. The molecule has 0 atom stereocenters. The fourth-order valence-electron chi connectivity index (χ4n) is 2.27. The summed E-state index contributed by atoms with van der Waals surface area (Å²) in [6.07, 6.45) is 1.07. The van der Waals surface area contributed by atoms with E-state index in [0.717, 1.165) is 15.5 Å². The molecule has 0 saturated heterocycles. The molecule has 1 aromatic carbocycles. The van der Waals surface area contributed by atoms with Crippen LogP contribution in [0.1, 0.15) is 31.3 Å². The van der Waals surface area contributed by atoms with Crippen LogP contribution in [0.15, 0.2) is 38.8 Å². The van der Waals surface area contributed by atoms with Crippen molar-refractivity contribution in [3.8, 4) is 5.69 Å². The number of hydrogen-bond donors (Lipinski definition) is 1. The third-order valence-corrected chi connectivity index (χ3v) is 4.65. The summed E-state index contributed by atoms with van der Waals surface area (Å²) in [5.74, 6) is -0.686. The van der Waals surface area contributed by atoms with Gasteiger partial charge in [-0.05, 0) is 45.0 Å². The molecule has 0 unspecified atom stereocenters. The topological polar surface area (TPSA) is 120 Å². The minimum absolute atomic E-state index is 0.0591. The number of benzene rings is 1. The second-order valence-corrected chi connectivity index (χ2v) is 8.00. The first-order valence-corrected chi connectivity index (χ1v) is 9.81. The van der Waals surface area contributed by atoms with Crippen molar-refractivity contribution in [1.82, 2.24) is 19.7 Å². The monoisotopic (exact) mass is 380 g/mol. The lowest BCUT2D eigenvalue weighted by Gasteiger charge is -2.12. The number of hydrogen-bond acceptors (Lipinski definition) is 6. The first-order valence-electron chi connectivity index (χ1n) is 7.91. The van der Waals surface area contributed by atoms with Crippen molar-refractivity contribution >= 4 is 15.7 Å². The number of nitrogens with zero attached hydrogens (tertiary/aromatic N) is 3. The number of sulfone groups is 1. The normalized spacial score (nSPS) is 11.6. The standard InChI is InChI=1S/C16H20N4O5S/c1-5-19-15(22)13(14(21)17-10(2)3)18-20(16(19)23)11-6-8-12(9-7-11)26(4,24)25/h6-10H,5H2,1-4H3,(H,17,21). The van der Waals surface area contributed by atoms with E-state index in [2.05, 4.69) is 10.4 Å². The molecule has 0 aliphatic heterocycles. The average Bonchev–Trinajstić information content (AvgIpc) is 2.54. The van der Waals surface area contributed by atoms with Gasteiger partial charge in [0, 0.05) is 18.8 Å². The lowest BCUT2D eigenvalue weighted by atomic mass is 10.3. The fourth-order valence-corrected chi connectivity index (χ4v) is 2.90. The van der Waals surface area contributed by atoms with Gasteiger partial charge in [0.05, 0.1) is 10.6 Å². The van der Waals surface area contributed by atoms with Crippen molar-refractivity contribution in [2.24, 2.45) is 0 Å². The van der Waals surface area contributed by atoms with Crippen LogP contribution in [0.3, 0.4) is 0 Å². The Hall–Kier alpha value is -2.75. The van der Waals surface area contributed by atoms with Crippen LogP contribution in [0.4, 0.5) is 0 Å². The van der Waals surface area contributed by atoms with Gasteiger partial charge in [-0.25, -0.2) is 13.2 Å². The van der Waals surface area contributed by atoms with Crippen molar-refractivity contribution < 1.29 is 13.2 Å². The minimum atomic E-state index is -3.39. The lowest BCUT2D eigenvalue weighted by Crippen LogP contribution is -2.46. The van der Waals surface area contributed by atoms with Gasteiger partial charge in [0.25, 0.3) is 11.5 Å². The predicted molar refractivity (Wildman–Crippen MR) is 95.5 cm³/mol. The van der Waals surface area contributed by atoms with Crippen LogP contribution in [0, 0.1) is 0 Å². The van der Waals surface area contributed by atoms with Crippen molar-refractivity contribution in [1.29, 1.82) is 0 Å². The third kappa shape index (κ3) is 3.90. The number of nitrogens with one attached hydrogen (secondary N) is 1. The quantitative estimate of drug-likeness (QED) is 0.777. The van der Waals surface area contributed by atoms with E-state index in [0.29, 0.717) is 0 Å². The van der Waals surface area contributed by atoms with Gasteiger partial charge in [0.2, 0.25) is 5.69 Å². The zero-order valence-electron chi connectivity index (χ0n) is 14.9. The number of aromatic nitrogens is 3. The van der Waals surface area contributed by atoms with Crippen LogP contribution in [-0.4, -0.2) is 41.0 Å². The molecular formula is C16H20N4O5S. The molecular weight excluding hydrogens is 360 g/mol. The number of amides is 1. The van der Waals surface area contributed by atoms with Crippen LogP contribution in [0.5, 0.6) is 0 Å². The predicted octanol–water partition coefficient (Wildman–Crippen LogP) is -0.0442. The summed E-state index contributed by atoms with van der Waals surface area (Å²) in [6.45, 7) is 5.12. The Kier molecular flexibility index (Phi) is 5.45. The molecule has 0 bridgehead atoms. The first kappa shape index (κ1) is 19.6. The maximum atomic E-state index is 12.5. The lowest BCUT2D eigenvalue weighted by molar-refractivity contribution is 0.0933. The highest BCUT2D eigenvalue weighted by atomic mass is 32.2. The van der Waals surface area contributed by atoms with E-state index in [1.54, 1.807) is 20.8 Å². The summed E-state index contributed by atoms with van der Waals surface area (Å²) in [7, 11) is -3.39. The maximum Gasteiger partial charge on any atom is 0.352 e. The zero-order valence-corrected chi connectivity index (χ0v) is 15.7. The molecule has 2 aromatic rings. The Morgan fingerprint density at radius 1 is 1.19 bits per heavy atom. The average molecular weight is 380 g/mol. The van der Waals surface area contributed by atoms with E-state index < -0.39 is 32.7 Å². The molecule has 26 heavy (non-hydrogen) atoms. The molecule has 0 saturated carbocycles. The van der Waals surface area contributed by atoms with E-state index in [-0.39, 0.29) is 23.2 Å². The van der Waals surface area contributed by atoms with Crippen molar-refractivity contribution in [3.63, 3.8) is 0 Å². The van der Waals surface area contributed by atoms with Gasteiger partial charge >= 0.3 is 5.69 Å². The molecule has 1 aromatic heterocycles. The zero-order chi connectivity index (χ0) is 19.6. The first-order chi connectivity index (χ1) is 12.1. The highest BCUT2D eigenvalue weighted by molar-refractivity contribution is 7.90. The fraction of sp³-hybridized carbons (Fsp3) is 0.375. The van der Waals surface area contributed by atoms with Crippen LogP contribution >= 0.6 is 0 Å². The van der Waals surface area contributed by atoms with E-state index in [9.17, 15) is 22.8 Å². The molecule has 0 radical (unpaired) electrons. The van der Waals surface area contributed by atoms with Gasteiger partial charge in [-0.2, -0.15) is 9.78 Å². The van der Waals surface area contributed by atoms with Gasteiger partial charge in [0.15, 0.2) is 9.84 Å². The molecule has 9 nitrogen and oxygen atoms in total. The van der Waals surface area contributed by atoms with E-state index >= 15 is 0 Å². The number of carbonyl (C=O) groups is 1. The largest absolute Gasteiger partial charge is 0.352 e. The van der Waals surface area contributed by atoms with Crippen molar-refractivity contribution in [2.75, 3.05) is 6.26 Å². The van der Waals surface area contributed by atoms with E-state index in [1.807, 2.05) is 0 Å². The molecule has 2 rings (SSSR count). The Morgan fingerprint density at radius 3 is 2.23 bits per heavy atom. The molecule has 1 heterocycles. The van der Waals surface area contributed by atoms with Crippen molar-refractivity contribution in [2.45, 2.75) is 38.3 Å². The number of rotatable bonds is 5. The van der Waals surface area contributed by atoms with Gasteiger partial charge in [0.1, 0.15) is 0 Å². The summed E-state index contributed by atoms with van der Waals surface area (Å²) in [5, 5.41) is 6.47. The van der Waals surface area contributed by atoms with Crippen LogP contribution in [0.2, 0.25) is 0 Å². The SMILES string of the molecule is CCn1c(=O)c(C(=O)NC(C)C)nn(-c2ccc(S(C)(=O)=O)cc2)c1=O. The highest BCUT2D eigenvalue weighted by Crippen LogP contribution is 2.11. The summed E-state index contributed by atoms with van der Waals surface area (Å²) < 4.78 is 24.9. The van der Waals surface area contributed by atoms with Crippen LogP contribution in [0.25, 0.3) is 5.69 Å². The van der Waals surface area contributed by atoms with E-state index in [4.69, 9.17) is 0 Å². The molecule has 0 aliphatic rings. The van der Waals surface area contributed by atoms with Crippen LogP contribution in [-0.2, 0) is 16.4 Å². The summed E-state index contributed by atoms with van der Waals surface area (Å²) in [4.78, 5) is 37.2.